The molecule has 0 aliphatic carbocycles. The van der Waals surface area contributed by atoms with Crippen LogP contribution in [0.3, 0.4) is 0 Å². The molecule has 4 heteroatoms. The van der Waals surface area contributed by atoms with Crippen molar-refractivity contribution < 1.29 is 14.3 Å². The van der Waals surface area contributed by atoms with Crippen molar-refractivity contribution in [3.8, 4) is 5.75 Å². The molecule has 23 heavy (non-hydrogen) atoms. The highest BCUT2D eigenvalue weighted by molar-refractivity contribution is 5.76. The zero-order chi connectivity index (χ0) is 16.3. The van der Waals surface area contributed by atoms with Gasteiger partial charge in [-0.3, -0.25) is 4.79 Å². The number of amides is 1. The molecular weight excluding hydrogens is 290 g/mol. The molecule has 1 aromatic rings. The molecule has 1 aromatic carbocycles. The molecule has 126 valence electrons. The average molecular weight is 317 g/mol. The largest absolute Gasteiger partial charge is 0.491 e. The Labute approximate surface area is 138 Å². The van der Waals surface area contributed by atoms with Gasteiger partial charge in [0.05, 0.1) is 12.1 Å². The second kappa shape index (κ2) is 6.91. The predicted molar refractivity (Wildman–Crippen MR) is 89.8 cm³/mol. The summed E-state index contributed by atoms with van der Waals surface area (Å²) in [5.74, 6) is 1.16. The molecule has 2 fully saturated rings. The summed E-state index contributed by atoms with van der Waals surface area (Å²) >= 11 is 0. The molecular formula is C19H27NO3. The lowest BCUT2D eigenvalue weighted by atomic mass is 9.92. The van der Waals surface area contributed by atoms with E-state index in [1.807, 2.05) is 17.0 Å². The van der Waals surface area contributed by atoms with Crippen molar-refractivity contribution in [2.24, 2.45) is 0 Å². The second-order valence-electron chi connectivity index (χ2n) is 6.81. The molecule has 0 aromatic heterocycles. The maximum atomic E-state index is 12.3. The number of rotatable bonds is 4. The number of aryl methyl sites for hydroxylation is 1. The van der Waals surface area contributed by atoms with Crippen molar-refractivity contribution in [2.75, 3.05) is 26.3 Å². The molecule has 1 amide bonds. The van der Waals surface area contributed by atoms with E-state index >= 15 is 0 Å². The van der Waals surface area contributed by atoms with Crippen LogP contribution in [0.4, 0.5) is 0 Å². The fourth-order valence-corrected chi connectivity index (χ4v) is 3.61. The monoisotopic (exact) mass is 317 g/mol. The van der Waals surface area contributed by atoms with Gasteiger partial charge in [0.25, 0.3) is 0 Å². The van der Waals surface area contributed by atoms with Crippen molar-refractivity contribution in [1.82, 2.24) is 4.90 Å². The van der Waals surface area contributed by atoms with Gasteiger partial charge in [0.2, 0.25) is 5.91 Å². The van der Waals surface area contributed by atoms with Gasteiger partial charge in [-0.25, -0.2) is 0 Å². The Kier molecular flexibility index (Phi) is 4.90. The molecule has 2 heterocycles. The van der Waals surface area contributed by atoms with Crippen LogP contribution in [0.2, 0.25) is 0 Å². The van der Waals surface area contributed by atoms with E-state index in [0.29, 0.717) is 19.6 Å². The number of hydrogen-bond donors (Lipinski definition) is 0. The Hall–Kier alpha value is -1.55. The molecule has 3 rings (SSSR count). The minimum absolute atomic E-state index is 0.0294. The highest BCUT2D eigenvalue weighted by Crippen LogP contribution is 2.35. The third-order valence-corrected chi connectivity index (χ3v) is 5.34. The average Bonchev–Trinajstić information content (AvgIpc) is 2.95. The van der Waals surface area contributed by atoms with Gasteiger partial charge < -0.3 is 14.4 Å². The molecule has 0 radical (unpaired) electrons. The molecule has 0 bridgehead atoms. The van der Waals surface area contributed by atoms with Crippen molar-refractivity contribution in [1.29, 1.82) is 0 Å². The van der Waals surface area contributed by atoms with Gasteiger partial charge in [0, 0.05) is 19.6 Å². The van der Waals surface area contributed by atoms with Crippen LogP contribution in [0.1, 0.15) is 43.2 Å². The molecule has 2 aliphatic heterocycles. The van der Waals surface area contributed by atoms with Gasteiger partial charge in [-0.1, -0.05) is 12.1 Å². The fourth-order valence-electron chi connectivity index (χ4n) is 3.61. The Balaban J connectivity index is 1.53. The third-order valence-electron chi connectivity index (χ3n) is 5.34. The Morgan fingerprint density at radius 1 is 1.26 bits per heavy atom. The van der Waals surface area contributed by atoms with E-state index in [1.54, 1.807) is 0 Å². The summed E-state index contributed by atoms with van der Waals surface area (Å²) in [6, 6.07) is 6.09. The molecule has 0 unspecified atom stereocenters. The number of nitrogens with zero attached hydrogens (tertiary/aromatic N) is 1. The topological polar surface area (TPSA) is 38.8 Å². The van der Waals surface area contributed by atoms with Gasteiger partial charge in [-0.2, -0.15) is 0 Å². The zero-order valence-corrected chi connectivity index (χ0v) is 14.3. The number of benzene rings is 1. The Morgan fingerprint density at radius 3 is 2.91 bits per heavy atom. The maximum Gasteiger partial charge on any atom is 0.222 e. The number of carbonyl (C=O) groups is 1. The smallest absolute Gasteiger partial charge is 0.222 e. The fraction of sp³-hybridized carbons (Fsp3) is 0.632. The number of hydrogen-bond acceptors (Lipinski definition) is 3. The highest BCUT2D eigenvalue weighted by Gasteiger charge is 2.38. The van der Waals surface area contributed by atoms with E-state index in [9.17, 15) is 4.79 Å². The third kappa shape index (κ3) is 3.69. The quantitative estimate of drug-likeness (QED) is 0.856. The van der Waals surface area contributed by atoms with Crippen molar-refractivity contribution in [2.45, 2.75) is 51.6 Å². The lowest BCUT2D eigenvalue weighted by molar-refractivity contribution is -0.131. The zero-order valence-electron chi connectivity index (χ0n) is 14.3. The van der Waals surface area contributed by atoms with E-state index in [2.05, 4.69) is 19.9 Å². The molecule has 0 saturated carbocycles. The van der Waals surface area contributed by atoms with Crippen LogP contribution in [-0.4, -0.2) is 42.7 Å². The van der Waals surface area contributed by atoms with Crippen molar-refractivity contribution in [3.63, 3.8) is 0 Å². The Morgan fingerprint density at radius 2 is 2.13 bits per heavy atom. The minimum atomic E-state index is -0.0294. The molecule has 2 saturated heterocycles. The molecule has 1 spiro atoms. The SMILES string of the molecule is Cc1cccc(OCCN2CC[C@@]3(CCCO3)CCC2=O)c1C. The number of likely N-dealkylation sites (tertiary alicyclic amines) is 1. The van der Waals surface area contributed by atoms with Gasteiger partial charge in [-0.05, 0) is 56.7 Å². The lowest BCUT2D eigenvalue weighted by Gasteiger charge is -2.26. The van der Waals surface area contributed by atoms with Crippen molar-refractivity contribution in [3.05, 3.63) is 29.3 Å². The van der Waals surface area contributed by atoms with Crippen LogP contribution >= 0.6 is 0 Å². The van der Waals surface area contributed by atoms with E-state index < -0.39 is 0 Å². The first-order chi connectivity index (χ1) is 11.1. The van der Waals surface area contributed by atoms with Crippen LogP contribution < -0.4 is 4.74 Å². The second-order valence-corrected chi connectivity index (χ2v) is 6.81. The molecule has 4 nitrogen and oxygen atoms in total. The summed E-state index contributed by atoms with van der Waals surface area (Å²) in [7, 11) is 0. The molecule has 2 aliphatic rings. The van der Waals surface area contributed by atoms with Crippen LogP contribution in [-0.2, 0) is 9.53 Å². The summed E-state index contributed by atoms with van der Waals surface area (Å²) < 4.78 is 11.9. The van der Waals surface area contributed by atoms with Crippen LogP contribution in [0, 0.1) is 13.8 Å². The van der Waals surface area contributed by atoms with E-state index in [4.69, 9.17) is 9.47 Å². The first kappa shape index (κ1) is 16.3. The molecule has 1 atom stereocenters. The normalized spacial score (nSPS) is 25.0. The summed E-state index contributed by atoms with van der Waals surface area (Å²) in [5.41, 5.74) is 2.37. The van der Waals surface area contributed by atoms with Gasteiger partial charge >= 0.3 is 0 Å². The summed E-state index contributed by atoms with van der Waals surface area (Å²) in [6.45, 7) is 7.00. The predicted octanol–water partition coefficient (Wildman–Crippen LogP) is 3.24. The minimum Gasteiger partial charge on any atom is -0.491 e. The first-order valence-electron chi connectivity index (χ1n) is 8.70. The van der Waals surface area contributed by atoms with E-state index in [-0.39, 0.29) is 11.5 Å². The number of carbonyl (C=O) groups excluding carboxylic acids is 1. The van der Waals surface area contributed by atoms with Crippen LogP contribution in [0.5, 0.6) is 5.75 Å². The summed E-state index contributed by atoms with van der Waals surface area (Å²) in [4.78, 5) is 14.3. The lowest BCUT2D eigenvalue weighted by Crippen LogP contribution is -2.35. The van der Waals surface area contributed by atoms with Crippen LogP contribution in [0.15, 0.2) is 18.2 Å². The van der Waals surface area contributed by atoms with Gasteiger partial charge in [-0.15, -0.1) is 0 Å². The van der Waals surface area contributed by atoms with E-state index in [1.165, 1.54) is 11.1 Å². The van der Waals surface area contributed by atoms with E-state index in [0.717, 1.165) is 44.6 Å². The summed E-state index contributed by atoms with van der Waals surface area (Å²) in [6.07, 6.45) is 4.67. The van der Waals surface area contributed by atoms with Gasteiger partial charge in [0.15, 0.2) is 0 Å². The highest BCUT2D eigenvalue weighted by atomic mass is 16.5. The van der Waals surface area contributed by atoms with Crippen LogP contribution in [0.25, 0.3) is 0 Å². The van der Waals surface area contributed by atoms with Gasteiger partial charge in [0.1, 0.15) is 12.4 Å². The maximum absolute atomic E-state index is 12.3. The standard InChI is InChI=1S/C19H27NO3/c1-15-5-3-6-17(16(15)2)22-14-12-20-11-10-19(8-4-13-23-19)9-7-18(20)21/h3,5-6H,4,7-14H2,1-2H3/t19-/m1/s1. The molecule has 0 N–H and O–H groups in total. The summed E-state index contributed by atoms with van der Waals surface area (Å²) in [5, 5.41) is 0. The van der Waals surface area contributed by atoms with Crippen molar-refractivity contribution >= 4 is 5.91 Å². The Bertz CT molecular complexity index is 564. The number of ether oxygens (including phenoxy) is 2. The first-order valence-corrected chi connectivity index (χ1v) is 8.70.